The van der Waals surface area contributed by atoms with Crippen LogP contribution in [-0.4, -0.2) is 30.4 Å². The summed E-state index contributed by atoms with van der Waals surface area (Å²) in [5.41, 5.74) is 0. The summed E-state index contributed by atoms with van der Waals surface area (Å²) in [6.07, 6.45) is 0.836. The van der Waals surface area contributed by atoms with E-state index in [0.717, 1.165) is 6.21 Å². The Morgan fingerprint density at radius 3 is 2.50 bits per heavy atom. The summed E-state index contributed by atoms with van der Waals surface area (Å²) in [6, 6.07) is -0.838. The Hall–Kier alpha value is -0.900. The lowest BCUT2D eigenvalue weighted by molar-refractivity contribution is -0.137. The number of rotatable bonds is 3. The minimum absolute atomic E-state index is 0.836. The SMILES string of the molecule is CNC(C=N)C(=O)O. The van der Waals surface area contributed by atoms with Gasteiger partial charge in [0.15, 0.2) is 0 Å². The monoisotopic (exact) mass is 116 g/mol. The lowest BCUT2D eigenvalue weighted by Gasteiger charge is -2.00. The van der Waals surface area contributed by atoms with Gasteiger partial charge in [-0.25, -0.2) is 0 Å². The smallest absolute Gasteiger partial charge is 0.326 e. The lowest BCUT2D eigenvalue weighted by Crippen LogP contribution is -2.34. The summed E-state index contributed by atoms with van der Waals surface area (Å²) in [6.45, 7) is 0. The van der Waals surface area contributed by atoms with E-state index in [9.17, 15) is 4.79 Å². The van der Waals surface area contributed by atoms with Crippen LogP contribution in [0.1, 0.15) is 0 Å². The van der Waals surface area contributed by atoms with E-state index >= 15 is 0 Å². The number of hydrogen-bond acceptors (Lipinski definition) is 3. The molecule has 0 aromatic rings. The van der Waals surface area contributed by atoms with Crippen molar-refractivity contribution in [2.45, 2.75) is 6.04 Å². The highest BCUT2D eigenvalue weighted by atomic mass is 16.4. The molecule has 0 radical (unpaired) electrons. The van der Waals surface area contributed by atoms with Crippen LogP contribution in [0.25, 0.3) is 0 Å². The fraction of sp³-hybridized carbons (Fsp3) is 0.500. The Balaban J connectivity index is 3.69. The quantitative estimate of drug-likeness (QED) is 0.427. The molecule has 1 atom stereocenters. The number of carboxylic acid groups (broad SMARTS) is 1. The Morgan fingerprint density at radius 2 is 2.50 bits per heavy atom. The van der Waals surface area contributed by atoms with Crippen LogP contribution >= 0.6 is 0 Å². The molecule has 0 aromatic heterocycles. The number of carboxylic acids is 1. The molecule has 46 valence electrons. The van der Waals surface area contributed by atoms with Gasteiger partial charge in [-0.05, 0) is 7.05 Å². The second kappa shape index (κ2) is 3.15. The Bertz CT molecular complexity index is 102. The number of hydrogen-bond donors (Lipinski definition) is 3. The predicted molar refractivity (Wildman–Crippen MR) is 29.3 cm³/mol. The summed E-state index contributed by atoms with van der Waals surface area (Å²) in [5.74, 6) is -1.03. The second-order valence-corrected chi connectivity index (χ2v) is 1.27. The fourth-order valence-corrected chi connectivity index (χ4v) is 0.278. The van der Waals surface area contributed by atoms with E-state index in [1.807, 2.05) is 0 Å². The molecule has 4 nitrogen and oxygen atoms in total. The van der Waals surface area contributed by atoms with Crippen molar-refractivity contribution in [3.8, 4) is 0 Å². The highest BCUT2D eigenvalue weighted by Crippen LogP contribution is 1.72. The van der Waals surface area contributed by atoms with Crippen molar-refractivity contribution >= 4 is 12.2 Å². The topological polar surface area (TPSA) is 73.2 Å². The van der Waals surface area contributed by atoms with Crippen LogP contribution in [0.4, 0.5) is 0 Å². The number of likely N-dealkylation sites (N-methyl/N-ethyl adjacent to an activating group) is 1. The van der Waals surface area contributed by atoms with Gasteiger partial charge < -0.3 is 15.8 Å². The molecule has 1 unspecified atom stereocenters. The van der Waals surface area contributed by atoms with Gasteiger partial charge in [0.1, 0.15) is 6.04 Å². The Kier molecular flexibility index (Phi) is 2.79. The van der Waals surface area contributed by atoms with Crippen LogP contribution in [-0.2, 0) is 4.79 Å². The summed E-state index contributed by atoms with van der Waals surface area (Å²) >= 11 is 0. The van der Waals surface area contributed by atoms with Crippen molar-refractivity contribution in [2.24, 2.45) is 0 Å². The number of nitrogens with one attached hydrogen (secondary N) is 2. The third kappa shape index (κ3) is 1.70. The summed E-state index contributed by atoms with van der Waals surface area (Å²) < 4.78 is 0. The molecular formula is C4H8N2O2. The minimum atomic E-state index is -1.03. The molecule has 4 heteroatoms. The molecule has 3 N–H and O–H groups in total. The van der Waals surface area contributed by atoms with Crippen LogP contribution in [0.2, 0.25) is 0 Å². The van der Waals surface area contributed by atoms with Crippen LogP contribution in [0.3, 0.4) is 0 Å². The van der Waals surface area contributed by atoms with Crippen molar-refractivity contribution < 1.29 is 9.90 Å². The highest BCUT2D eigenvalue weighted by Gasteiger charge is 2.08. The van der Waals surface area contributed by atoms with Gasteiger partial charge in [0.2, 0.25) is 0 Å². The van der Waals surface area contributed by atoms with Crippen molar-refractivity contribution in [1.29, 1.82) is 5.41 Å². The summed E-state index contributed by atoms with van der Waals surface area (Å²) in [5, 5.41) is 17.1. The summed E-state index contributed by atoms with van der Waals surface area (Å²) in [7, 11) is 1.49. The van der Waals surface area contributed by atoms with Crippen molar-refractivity contribution in [3.63, 3.8) is 0 Å². The minimum Gasteiger partial charge on any atom is -0.480 e. The van der Waals surface area contributed by atoms with Crippen molar-refractivity contribution in [3.05, 3.63) is 0 Å². The van der Waals surface area contributed by atoms with E-state index < -0.39 is 12.0 Å². The Morgan fingerprint density at radius 1 is 2.00 bits per heavy atom. The third-order valence-electron chi connectivity index (χ3n) is 0.744. The zero-order valence-electron chi connectivity index (χ0n) is 4.51. The predicted octanol–water partition coefficient (Wildman–Crippen LogP) is -0.691. The molecule has 0 saturated heterocycles. The highest BCUT2D eigenvalue weighted by molar-refractivity contribution is 5.91. The second-order valence-electron chi connectivity index (χ2n) is 1.27. The van der Waals surface area contributed by atoms with Crippen molar-refractivity contribution in [2.75, 3.05) is 7.05 Å². The first-order valence-corrected chi connectivity index (χ1v) is 2.13. The fourth-order valence-electron chi connectivity index (χ4n) is 0.278. The molecule has 0 aliphatic carbocycles. The van der Waals surface area contributed by atoms with E-state index in [0.29, 0.717) is 0 Å². The molecule has 0 fully saturated rings. The molecule has 0 bridgehead atoms. The molecular weight excluding hydrogens is 108 g/mol. The van der Waals surface area contributed by atoms with Gasteiger partial charge in [0.25, 0.3) is 0 Å². The van der Waals surface area contributed by atoms with Gasteiger partial charge >= 0.3 is 5.97 Å². The maximum atomic E-state index is 9.95. The van der Waals surface area contributed by atoms with Gasteiger partial charge in [-0.2, -0.15) is 0 Å². The van der Waals surface area contributed by atoms with E-state index in [1.54, 1.807) is 0 Å². The molecule has 0 aliphatic heterocycles. The van der Waals surface area contributed by atoms with Gasteiger partial charge in [-0.15, -0.1) is 0 Å². The largest absolute Gasteiger partial charge is 0.480 e. The summed E-state index contributed by atoms with van der Waals surface area (Å²) in [4.78, 5) is 9.95. The zero-order chi connectivity index (χ0) is 6.57. The van der Waals surface area contributed by atoms with Gasteiger partial charge in [0, 0.05) is 6.21 Å². The maximum absolute atomic E-state index is 9.95. The van der Waals surface area contributed by atoms with Crippen molar-refractivity contribution in [1.82, 2.24) is 5.32 Å². The van der Waals surface area contributed by atoms with Gasteiger partial charge in [-0.1, -0.05) is 0 Å². The molecule has 0 heterocycles. The van der Waals surface area contributed by atoms with E-state index in [2.05, 4.69) is 5.32 Å². The standard InChI is InChI=1S/C4H8N2O2/c1-6-3(2-5)4(7)8/h2-3,5-6H,1H3,(H,7,8). The maximum Gasteiger partial charge on any atom is 0.326 e. The van der Waals surface area contributed by atoms with E-state index in [-0.39, 0.29) is 0 Å². The average Bonchev–Trinajstić information content (AvgIpc) is 1.69. The molecule has 8 heavy (non-hydrogen) atoms. The van der Waals surface area contributed by atoms with E-state index in [1.165, 1.54) is 7.05 Å². The molecule has 0 aliphatic rings. The number of aliphatic carboxylic acids is 1. The van der Waals surface area contributed by atoms with Crippen LogP contribution in [0.5, 0.6) is 0 Å². The number of carbonyl (C=O) groups is 1. The first-order valence-electron chi connectivity index (χ1n) is 2.13. The van der Waals surface area contributed by atoms with Crippen LogP contribution in [0, 0.1) is 5.41 Å². The molecule has 0 spiro atoms. The zero-order valence-corrected chi connectivity index (χ0v) is 4.51. The molecule has 0 aromatic carbocycles. The van der Waals surface area contributed by atoms with Gasteiger partial charge in [-0.3, -0.25) is 4.79 Å². The third-order valence-corrected chi connectivity index (χ3v) is 0.744. The van der Waals surface area contributed by atoms with Gasteiger partial charge in [0.05, 0.1) is 0 Å². The Labute approximate surface area is 47.0 Å². The van der Waals surface area contributed by atoms with Crippen LogP contribution < -0.4 is 5.32 Å². The lowest BCUT2D eigenvalue weighted by atomic mass is 10.3. The molecule has 0 saturated carbocycles. The van der Waals surface area contributed by atoms with Crippen LogP contribution in [0.15, 0.2) is 0 Å². The average molecular weight is 116 g/mol. The first-order chi connectivity index (χ1) is 3.72. The normalized spacial score (nSPS) is 12.6. The molecule has 0 rings (SSSR count). The van der Waals surface area contributed by atoms with E-state index in [4.69, 9.17) is 10.5 Å². The first kappa shape index (κ1) is 7.10. The molecule has 0 amide bonds.